The normalized spacial score (nSPS) is 11.2. The van der Waals surface area contributed by atoms with Gasteiger partial charge in [0, 0.05) is 12.1 Å². The van der Waals surface area contributed by atoms with Gasteiger partial charge in [-0.2, -0.15) is 13.2 Å². The van der Waals surface area contributed by atoms with Crippen molar-refractivity contribution in [1.29, 1.82) is 0 Å². The van der Waals surface area contributed by atoms with E-state index in [-0.39, 0.29) is 17.9 Å². The van der Waals surface area contributed by atoms with Crippen LogP contribution in [0.1, 0.15) is 15.9 Å². The number of esters is 1. The fraction of sp³-hybridized carbons (Fsp3) is 0.364. The molecule has 1 rings (SSSR count). The molecule has 4 nitrogen and oxygen atoms in total. The van der Waals surface area contributed by atoms with Crippen LogP contribution in [0.4, 0.5) is 13.2 Å². The summed E-state index contributed by atoms with van der Waals surface area (Å²) < 4.78 is 45.1. The number of carbonyl (C=O) groups is 1. The van der Waals surface area contributed by atoms with E-state index in [1.165, 1.54) is 25.3 Å². The summed E-state index contributed by atoms with van der Waals surface area (Å²) in [5, 5.41) is 0. The molecule has 0 saturated heterocycles. The Kier molecular flexibility index (Phi) is 4.55. The van der Waals surface area contributed by atoms with Crippen molar-refractivity contribution in [3.05, 3.63) is 29.3 Å². The first-order chi connectivity index (χ1) is 8.37. The molecule has 0 spiro atoms. The summed E-state index contributed by atoms with van der Waals surface area (Å²) in [6, 6.07) is 3.93. The van der Waals surface area contributed by atoms with Gasteiger partial charge in [0.15, 0.2) is 6.61 Å². The van der Waals surface area contributed by atoms with Gasteiger partial charge in [-0.15, -0.1) is 0 Å². The number of carbonyl (C=O) groups excluding carboxylic acids is 1. The molecule has 7 heteroatoms. The lowest BCUT2D eigenvalue weighted by Gasteiger charge is -2.13. The molecule has 0 amide bonds. The highest BCUT2D eigenvalue weighted by Gasteiger charge is 2.28. The van der Waals surface area contributed by atoms with E-state index in [0.29, 0.717) is 5.56 Å². The second kappa shape index (κ2) is 5.72. The number of benzene rings is 1. The highest BCUT2D eigenvalue weighted by atomic mass is 19.4. The minimum Gasteiger partial charge on any atom is -0.484 e. The number of methoxy groups -OCH3 is 1. The lowest BCUT2D eigenvalue weighted by atomic mass is 10.1. The fourth-order valence-corrected chi connectivity index (χ4v) is 1.28. The second-order valence-corrected chi connectivity index (χ2v) is 3.42. The minimum absolute atomic E-state index is 0.00229. The molecular weight excluding hydrogens is 251 g/mol. The van der Waals surface area contributed by atoms with E-state index in [0.717, 1.165) is 0 Å². The van der Waals surface area contributed by atoms with Crippen molar-refractivity contribution in [2.75, 3.05) is 13.7 Å². The minimum atomic E-state index is -4.42. The molecule has 0 unspecified atom stereocenters. The summed E-state index contributed by atoms with van der Waals surface area (Å²) in [6.45, 7) is -1.45. The van der Waals surface area contributed by atoms with Crippen molar-refractivity contribution in [3.8, 4) is 5.75 Å². The molecule has 0 aliphatic heterocycles. The van der Waals surface area contributed by atoms with Crippen molar-refractivity contribution in [2.24, 2.45) is 5.73 Å². The predicted octanol–water partition coefficient (Wildman–Crippen LogP) is 1.87. The maximum atomic E-state index is 12.0. The predicted molar refractivity (Wildman–Crippen MR) is 57.2 cm³/mol. The van der Waals surface area contributed by atoms with Gasteiger partial charge in [0.25, 0.3) is 0 Å². The van der Waals surface area contributed by atoms with Crippen LogP contribution in [-0.2, 0) is 11.3 Å². The SMILES string of the molecule is COC(=O)c1ccc(OCC(F)(F)F)c(CN)c1. The zero-order chi connectivity index (χ0) is 13.8. The van der Waals surface area contributed by atoms with Gasteiger partial charge >= 0.3 is 12.1 Å². The molecule has 1 aromatic rings. The Labute approximate surface area is 101 Å². The third-order valence-electron chi connectivity index (χ3n) is 2.09. The van der Waals surface area contributed by atoms with Gasteiger partial charge in [-0.3, -0.25) is 0 Å². The Bertz CT molecular complexity index is 432. The Morgan fingerprint density at radius 1 is 1.39 bits per heavy atom. The zero-order valence-corrected chi connectivity index (χ0v) is 9.58. The van der Waals surface area contributed by atoms with Crippen LogP contribution in [0.2, 0.25) is 0 Å². The highest BCUT2D eigenvalue weighted by Crippen LogP contribution is 2.23. The van der Waals surface area contributed by atoms with Gasteiger partial charge in [-0.05, 0) is 18.2 Å². The maximum absolute atomic E-state index is 12.0. The number of halogens is 3. The first kappa shape index (κ1) is 14.3. The molecule has 18 heavy (non-hydrogen) atoms. The fourth-order valence-electron chi connectivity index (χ4n) is 1.28. The third-order valence-corrected chi connectivity index (χ3v) is 2.09. The average Bonchev–Trinajstić information content (AvgIpc) is 2.34. The number of ether oxygens (including phenoxy) is 2. The van der Waals surface area contributed by atoms with Crippen LogP contribution in [0.25, 0.3) is 0 Å². The second-order valence-electron chi connectivity index (χ2n) is 3.42. The Balaban J connectivity index is 2.90. The zero-order valence-electron chi connectivity index (χ0n) is 9.58. The highest BCUT2D eigenvalue weighted by molar-refractivity contribution is 5.89. The first-order valence-electron chi connectivity index (χ1n) is 4.98. The number of hydrogen-bond acceptors (Lipinski definition) is 4. The van der Waals surface area contributed by atoms with E-state index in [9.17, 15) is 18.0 Å². The van der Waals surface area contributed by atoms with Crippen LogP contribution in [-0.4, -0.2) is 25.9 Å². The maximum Gasteiger partial charge on any atom is 0.422 e. The Morgan fingerprint density at radius 2 is 2.06 bits per heavy atom. The Hall–Kier alpha value is -1.76. The van der Waals surface area contributed by atoms with E-state index in [1.807, 2.05) is 0 Å². The molecule has 0 aromatic heterocycles. The number of nitrogens with two attached hydrogens (primary N) is 1. The first-order valence-corrected chi connectivity index (χ1v) is 4.98. The van der Waals surface area contributed by atoms with Gasteiger partial charge in [-0.25, -0.2) is 4.79 Å². The topological polar surface area (TPSA) is 61.5 Å². The summed E-state index contributed by atoms with van der Waals surface area (Å²) in [6.07, 6.45) is -4.42. The molecule has 0 aliphatic carbocycles. The van der Waals surface area contributed by atoms with E-state index < -0.39 is 18.8 Å². The quantitative estimate of drug-likeness (QED) is 0.842. The van der Waals surface area contributed by atoms with Gasteiger partial charge < -0.3 is 15.2 Å². The van der Waals surface area contributed by atoms with E-state index in [1.54, 1.807) is 0 Å². The van der Waals surface area contributed by atoms with Crippen LogP contribution in [0.15, 0.2) is 18.2 Å². The molecule has 0 radical (unpaired) electrons. The lowest BCUT2D eigenvalue weighted by Crippen LogP contribution is -2.20. The Morgan fingerprint density at radius 3 is 2.56 bits per heavy atom. The number of alkyl halides is 3. The summed E-state index contributed by atoms with van der Waals surface area (Å²) in [5.74, 6) is -0.588. The van der Waals surface area contributed by atoms with Gasteiger partial charge in [0.1, 0.15) is 5.75 Å². The van der Waals surface area contributed by atoms with Gasteiger partial charge in [-0.1, -0.05) is 0 Å². The molecule has 0 fully saturated rings. The average molecular weight is 263 g/mol. The number of rotatable bonds is 4. The summed E-state index contributed by atoms with van der Waals surface area (Å²) in [4.78, 5) is 11.2. The molecule has 100 valence electrons. The summed E-state index contributed by atoms with van der Waals surface area (Å²) >= 11 is 0. The van der Waals surface area contributed by atoms with Crippen LogP contribution in [0.5, 0.6) is 5.75 Å². The van der Waals surface area contributed by atoms with Crippen LogP contribution < -0.4 is 10.5 Å². The molecule has 1 aromatic carbocycles. The van der Waals surface area contributed by atoms with Gasteiger partial charge in [0.2, 0.25) is 0 Å². The molecular formula is C11H12F3NO3. The van der Waals surface area contributed by atoms with Crippen LogP contribution in [0, 0.1) is 0 Å². The number of hydrogen-bond donors (Lipinski definition) is 1. The molecule has 0 bridgehead atoms. The summed E-state index contributed by atoms with van der Waals surface area (Å²) in [5.41, 5.74) is 5.90. The monoisotopic (exact) mass is 263 g/mol. The third kappa shape index (κ3) is 3.92. The molecule has 0 aliphatic rings. The smallest absolute Gasteiger partial charge is 0.422 e. The van der Waals surface area contributed by atoms with E-state index >= 15 is 0 Å². The largest absolute Gasteiger partial charge is 0.484 e. The molecule has 0 heterocycles. The molecule has 2 N–H and O–H groups in total. The van der Waals surface area contributed by atoms with E-state index in [4.69, 9.17) is 5.73 Å². The van der Waals surface area contributed by atoms with Crippen molar-refractivity contribution in [1.82, 2.24) is 0 Å². The van der Waals surface area contributed by atoms with Crippen molar-refractivity contribution >= 4 is 5.97 Å². The van der Waals surface area contributed by atoms with E-state index in [2.05, 4.69) is 9.47 Å². The van der Waals surface area contributed by atoms with Crippen molar-refractivity contribution in [3.63, 3.8) is 0 Å². The van der Waals surface area contributed by atoms with Crippen molar-refractivity contribution in [2.45, 2.75) is 12.7 Å². The molecule has 0 atom stereocenters. The molecule has 0 saturated carbocycles. The van der Waals surface area contributed by atoms with Crippen LogP contribution in [0.3, 0.4) is 0 Å². The lowest BCUT2D eigenvalue weighted by molar-refractivity contribution is -0.153. The standard InChI is InChI=1S/C11H12F3NO3/c1-17-10(16)7-2-3-9(8(4-7)5-15)18-6-11(12,13)14/h2-4H,5-6,15H2,1H3. The van der Waals surface area contributed by atoms with Crippen molar-refractivity contribution < 1.29 is 27.4 Å². The van der Waals surface area contributed by atoms with Crippen LogP contribution >= 0.6 is 0 Å². The van der Waals surface area contributed by atoms with Gasteiger partial charge in [0.05, 0.1) is 12.7 Å². The summed E-state index contributed by atoms with van der Waals surface area (Å²) in [7, 11) is 1.21.